The van der Waals surface area contributed by atoms with Crippen molar-refractivity contribution in [3.63, 3.8) is 0 Å². The average molecular weight is 252 g/mol. The summed E-state index contributed by atoms with van der Waals surface area (Å²) >= 11 is 5.98. The van der Waals surface area contributed by atoms with Crippen LogP contribution in [0.15, 0.2) is 18.2 Å². The minimum absolute atomic E-state index is 0.742. The van der Waals surface area contributed by atoms with Gasteiger partial charge in [-0.25, -0.2) is 4.98 Å². The Kier molecular flexibility index (Phi) is 4.02. The monoisotopic (exact) mass is 251 g/mol. The fraction of sp³-hybridized carbons (Fsp3) is 0.462. The van der Waals surface area contributed by atoms with Crippen molar-refractivity contribution in [1.82, 2.24) is 9.55 Å². The number of aryl methyl sites for hydroxylation is 2. The van der Waals surface area contributed by atoms with E-state index >= 15 is 0 Å². The fourth-order valence-electron chi connectivity index (χ4n) is 2.12. The smallest absolute Gasteiger partial charge is 0.109 e. The number of hydrogen-bond donors (Lipinski definition) is 1. The minimum atomic E-state index is 0.742. The van der Waals surface area contributed by atoms with Gasteiger partial charge in [0.05, 0.1) is 11.0 Å². The Morgan fingerprint density at radius 3 is 2.88 bits per heavy atom. The Hall–Kier alpha value is -1.06. The van der Waals surface area contributed by atoms with Gasteiger partial charge >= 0.3 is 0 Å². The van der Waals surface area contributed by atoms with E-state index in [1.54, 1.807) is 0 Å². The molecule has 92 valence electrons. The lowest BCUT2D eigenvalue weighted by Gasteiger charge is -2.05. The van der Waals surface area contributed by atoms with E-state index in [2.05, 4.69) is 16.5 Å². The summed E-state index contributed by atoms with van der Waals surface area (Å²) in [4.78, 5) is 4.65. The number of unbranched alkanes of at least 4 members (excludes halogenated alkanes) is 1. The molecule has 2 rings (SSSR count). The van der Waals surface area contributed by atoms with E-state index < -0.39 is 0 Å². The van der Waals surface area contributed by atoms with Gasteiger partial charge in [-0.3, -0.25) is 0 Å². The van der Waals surface area contributed by atoms with Crippen molar-refractivity contribution in [3.05, 3.63) is 29.0 Å². The van der Waals surface area contributed by atoms with E-state index in [1.165, 1.54) is 5.52 Å². The van der Waals surface area contributed by atoms with Crippen molar-refractivity contribution >= 4 is 22.6 Å². The molecule has 0 radical (unpaired) electrons. The summed E-state index contributed by atoms with van der Waals surface area (Å²) in [6, 6.07) is 5.89. The molecule has 0 aliphatic heterocycles. The van der Waals surface area contributed by atoms with Gasteiger partial charge in [0.2, 0.25) is 0 Å². The molecule has 0 aliphatic rings. The van der Waals surface area contributed by atoms with Gasteiger partial charge < -0.3 is 10.3 Å². The van der Waals surface area contributed by atoms with Crippen molar-refractivity contribution in [2.24, 2.45) is 5.73 Å². The highest BCUT2D eigenvalue weighted by Crippen LogP contribution is 2.21. The molecule has 0 aliphatic carbocycles. The zero-order valence-corrected chi connectivity index (χ0v) is 10.9. The molecule has 3 nitrogen and oxygen atoms in total. The molecule has 0 unspecified atom stereocenters. The summed E-state index contributed by atoms with van der Waals surface area (Å²) in [6.07, 6.45) is 3.12. The number of fused-ring (bicyclic) bond motifs is 1. The lowest BCUT2D eigenvalue weighted by atomic mass is 10.2. The maximum atomic E-state index is 5.98. The van der Waals surface area contributed by atoms with Crippen molar-refractivity contribution in [1.29, 1.82) is 0 Å². The van der Waals surface area contributed by atoms with E-state index in [0.29, 0.717) is 0 Å². The van der Waals surface area contributed by atoms with E-state index in [1.807, 2.05) is 18.2 Å². The molecule has 0 amide bonds. The van der Waals surface area contributed by atoms with Gasteiger partial charge in [0.25, 0.3) is 0 Å². The van der Waals surface area contributed by atoms with Crippen LogP contribution in [0.3, 0.4) is 0 Å². The Morgan fingerprint density at radius 1 is 1.35 bits per heavy atom. The molecule has 0 saturated carbocycles. The molecule has 4 heteroatoms. The third-order valence-corrected chi connectivity index (χ3v) is 3.20. The number of rotatable bonds is 5. The lowest BCUT2D eigenvalue weighted by Crippen LogP contribution is -2.04. The van der Waals surface area contributed by atoms with Gasteiger partial charge in [-0.05, 0) is 44.5 Å². The van der Waals surface area contributed by atoms with Crippen LogP contribution in [-0.4, -0.2) is 16.1 Å². The molecular formula is C13H18ClN3. The van der Waals surface area contributed by atoms with Gasteiger partial charge in [-0.2, -0.15) is 0 Å². The normalized spacial score (nSPS) is 11.2. The molecule has 17 heavy (non-hydrogen) atoms. The van der Waals surface area contributed by atoms with E-state index in [9.17, 15) is 0 Å². The van der Waals surface area contributed by atoms with E-state index in [4.69, 9.17) is 17.3 Å². The van der Waals surface area contributed by atoms with Crippen LogP contribution >= 0.6 is 11.6 Å². The summed E-state index contributed by atoms with van der Waals surface area (Å²) in [7, 11) is 0. The van der Waals surface area contributed by atoms with Gasteiger partial charge in [0, 0.05) is 18.0 Å². The summed E-state index contributed by atoms with van der Waals surface area (Å²) in [5, 5.41) is 0.742. The van der Waals surface area contributed by atoms with Crippen LogP contribution < -0.4 is 5.73 Å². The van der Waals surface area contributed by atoms with Crippen molar-refractivity contribution in [3.8, 4) is 0 Å². The average Bonchev–Trinajstić information content (AvgIpc) is 2.66. The Labute approximate surface area is 107 Å². The molecule has 0 bridgehead atoms. The van der Waals surface area contributed by atoms with Crippen molar-refractivity contribution in [2.45, 2.75) is 32.7 Å². The zero-order chi connectivity index (χ0) is 12.3. The van der Waals surface area contributed by atoms with Crippen LogP contribution in [0.4, 0.5) is 0 Å². The number of imidazole rings is 1. The van der Waals surface area contributed by atoms with Gasteiger partial charge in [-0.15, -0.1) is 0 Å². The van der Waals surface area contributed by atoms with Crippen LogP contribution in [0.2, 0.25) is 5.02 Å². The number of aromatic nitrogens is 2. The number of nitrogens with two attached hydrogens (primary N) is 1. The summed E-state index contributed by atoms with van der Waals surface area (Å²) in [5.74, 6) is 1.14. The number of hydrogen-bond acceptors (Lipinski definition) is 2. The maximum absolute atomic E-state index is 5.98. The molecule has 2 aromatic rings. The summed E-state index contributed by atoms with van der Waals surface area (Å²) in [5.41, 5.74) is 7.67. The second-order valence-electron chi connectivity index (χ2n) is 4.15. The molecule has 2 N–H and O–H groups in total. The van der Waals surface area contributed by atoms with Gasteiger partial charge in [0.1, 0.15) is 5.82 Å². The maximum Gasteiger partial charge on any atom is 0.109 e. The molecule has 0 fully saturated rings. The van der Waals surface area contributed by atoms with Crippen molar-refractivity contribution in [2.75, 3.05) is 6.54 Å². The van der Waals surface area contributed by atoms with Crippen molar-refractivity contribution < 1.29 is 0 Å². The third kappa shape index (κ3) is 2.61. The predicted molar refractivity (Wildman–Crippen MR) is 72.4 cm³/mol. The summed E-state index contributed by atoms with van der Waals surface area (Å²) in [6.45, 7) is 3.83. The van der Waals surface area contributed by atoms with Crippen LogP contribution in [0.5, 0.6) is 0 Å². The standard InChI is InChI=1S/C13H18ClN3/c1-2-17-12-7-6-10(14)9-11(12)16-13(17)5-3-4-8-15/h6-7,9H,2-5,8,15H2,1H3. The van der Waals surface area contributed by atoms with Crippen LogP contribution in [0.1, 0.15) is 25.6 Å². The lowest BCUT2D eigenvalue weighted by molar-refractivity contribution is 0.661. The molecular weight excluding hydrogens is 234 g/mol. The van der Waals surface area contributed by atoms with Crippen LogP contribution in [-0.2, 0) is 13.0 Å². The second kappa shape index (κ2) is 5.52. The first-order valence-electron chi connectivity index (χ1n) is 6.11. The van der Waals surface area contributed by atoms with Crippen LogP contribution in [0, 0.1) is 0 Å². The minimum Gasteiger partial charge on any atom is -0.330 e. The van der Waals surface area contributed by atoms with Gasteiger partial charge in [0.15, 0.2) is 0 Å². The highest BCUT2D eigenvalue weighted by Gasteiger charge is 2.09. The quantitative estimate of drug-likeness (QED) is 0.831. The summed E-state index contributed by atoms with van der Waals surface area (Å²) < 4.78 is 2.25. The molecule has 1 heterocycles. The SMILES string of the molecule is CCn1c(CCCCN)nc2cc(Cl)ccc21. The Balaban J connectivity index is 2.34. The first kappa shape index (κ1) is 12.4. The Morgan fingerprint density at radius 2 is 2.18 bits per heavy atom. The second-order valence-corrected chi connectivity index (χ2v) is 4.59. The highest BCUT2D eigenvalue weighted by atomic mass is 35.5. The Bertz CT molecular complexity index is 505. The first-order valence-corrected chi connectivity index (χ1v) is 6.48. The predicted octanol–water partition coefficient (Wildman–Crippen LogP) is 2.99. The number of halogens is 1. The largest absolute Gasteiger partial charge is 0.330 e. The molecule has 0 saturated heterocycles. The zero-order valence-electron chi connectivity index (χ0n) is 10.1. The molecule has 0 atom stereocenters. The highest BCUT2D eigenvalue weighted by molar-refractivity contribution is 6.31. The number of benzene rings is 1. The third-order valence-electron chi connectivity index (χ3n) is 2.96. The molecule has 0 spiro atoms. The van der Waals surface area contributed by atoms with E-state index in [-0.39, 0.29) is 0 Å². The molecule has 1 aromatic heterocycles. The number of nitrogens with zero attached hydrogens (tertiary/aromatic N) is 2. The van der Waals surface area contributed by atoms with Gasteiger partial charge in [-0.1, -0.05) is 11.6 Å². The van der Waals surface area contributed by atoms with Crippen LogP contribution in [0.25, 0.3) is 11.0 Å². The topological polar surface area (TPSA) is 43.8 Å². The first-order chi connectivity index (χ1) is 8.26. The fourth-order valence-corrected chi connectivity index (χ4v) is 2.29. The van der Waals surface area contributed by atoms with E-state index in [0.717, 1.165) is 48.7 Å². The molecule has 1 aromatic carbocycles.